The minimum Gasteiger partial charge on any atom is -0.496 e. The Bertz CT molecular complexity index is 753. The molecule has 2 aromatic carbocycles. The summed E-state index contributed by atoms with van der Waals surface area (Å²) in [7, 11) is 1.55. The lowest BCUT2D eigenvalue weighted by Gasteiger charge is -2.52. The summed E-state index contributed by atoms with van der Waals surface area (Å²) >= 11 is 0. The Kier molecular flexibility index (Phi) is 4.69. The van der Waals surface area contributed by atoms with Crippen molar-refractivity contribution in [2.24, 2.45) is 0 Å². The Labute approximate surface area is 153 Å². The lowest BCUT2D eigenvalue weighted by atomic mass is 9.76. The summed E-state index contributed by atoms with van der Waals surface area (Å²) < 4.78 is 25.0. The molecule has 0 aromatic heterocycles. The van der Waals surface area contributed by atoms with E-state index in [0.29, 0.717) is 37.4 Å². The fourth-order valence-corrected chi connectivity index (χ4v) is 4.36. The van der Waals surface area contributed by atoms with E-state index in [4.69, 9.17) is 9.47 Å². The number of fused-ring (bicyclic) bond motifs is 2. The largest absolute Gasteiger partial charge is 0.496 e. The maximum absolute atomic E-state index is 13.9. The molecule has 0 amide bonds. The normalized spacial score (nSPS) is 28.7. The van der Waals surface area contributed by atoms with Crippen LogP contribution in [0.4, 0.5) is 4.39 Å². The lowest BCUT2D eigenvalue weighted by molar-refractivity contribution is -0.150. The van der Waals surface area contributed by atoms with Crippen LogP contribution in [0, 0.1) is 5.82 Å². The average molecular weight is 357 g/mol. The standard InChI is InChI=1S/C21H24FNO3/c1-25-20-8-7-16(22)9-19(20)21(24)10-17-13-26-14-18(11-21)23(17)12-15-5-3-2-4-6-15/h2-9,17-18,24H,10-14H2,1H3. The van der Waals surface area contributed by atoms with Crippen molar-refractivity contribution in [2.45, 2.75) is 37.1 Å². The topological polar surface area (TPSA) is 41.9 Å². The minimum atomic E-state index is -1.11. The first-order chi connectivity index (χ1) is 12.6. The fraction of sp³-hybridized carbons (Fsp3) is 0.429. The van der Waals surface area contributed by atoms with Crippen LogP contribution in [0.25, 0.3) is 0 Å². The Morgan fingerprint density at radius 1 is 1.15 bits per heavy atom. The van der Waals surface area contributed by atoms with Crippen LogP contribution in [0.2, 0.25) is 0 Å². The number of methoxy groups -OCH3 is 1. The van der Waals surface area contributed by atoms with Gasteiger partial charge in [0.05, 0.1) is 25.9 Å². The van der Waals surface area contributed by atoms with Gasteiger partial charge in [-0.15, -0.1) is 0 Å². The van der Waals surface area contributed by atoms with Crippen LogP contribution < -0.4 is 4.74 Å². The molecular weight excluding hydrogens is 333 g/mol. The molecule has 2 heterocycles. The molecular formula is C21H24FNO3. The van der Waals surface area contributed by atoms with E-state index in [0.717, 1.165) is 6.54 Å². The van der Waals surface area contributed by atoms with Gasteiger partial charge in [-0.2, -0.15) is 0 Å². The number of hydrogen-bond acceptors (Lipinski definition) is 4. The molecule has 2 aromatic rings. The second-order valence-electron chi connectivity index (χ2n) is 7.29. The Morgan fingerprint density at radius 2 is 1.85 bits per heavy atom. The van der Waals surface area contributed by atoms with Crippen molar-refractivity contribution in [2.75, 3.05) is 20.3 Å². The third kappa shape index (κ3) is 3.22. The van der Waals surface area contributed by atoms with Gasteiger partial charge in [-0.05, 0) is 36.6 Å². The van der Waals surface area contributed by atoms with Gasteiger partial charge >= 0.3 is 0 Å². The van der Waals surface area contributed by atoms with Crippen LogP contribution in [-0.4, -0.2) is 42.4 Å². The van der Waals surface area contributed by atoms with Gasteiger partial charge < -0.3 is 14.6 Å². The number of benzene rings is 2. The van der Waals surface area contributed by atoms with E-state index in [2.05, 4.69) is 17.0 Å². The van der Waals surface area contributed by atoms with Crippen LogP contribution in [-0.2, 0) is 16.9 Å². The highest BCUT2D eigenvalue weighted by Crippen LogP contribution is 2.44. The number of hydrogen-bond donors (Lipinski definition) is 1. The zero-order chi connectivity index (χ0) is 18.1. The molecule has 2 saturated heterocycles. The number of piperidine rings is 1. The quantitative estimate of drug-likeness (QED) is 0.913. The van der Waals surface area contributed by atoms with E-state index in [1.807, 2.05) is 18.2 Å². The molecule has 4 nitrogen and oxygen atoms in total. The number of nitrogens with zero attached hydrogens (tertiary/aromatic N) is 1. The van der Waals surface area contributed by atoms with Gasteiger partial charge in [0.25, 0.3) is 0 Å². The van der Waals surface area contributed by atoms with E-state index in [1.165, 1.54) is 17.7 Å². The smallest absolute Gasteiger partial charge is 0.125 e. The number of morpholine rings is 1. The van der Waals surface area contributed by atoms with Crippen LogP contribution in [0.1, 0.15) is 24.0 Å². The van der Waals surface area contributed by atoms with Crippen molar-refractivity contribution in [3.63, 3.8) is 0 Å². The molecule has 4 rings (SSSR count). The van der Waals surface area contributed by atoms with Gasteiger partial charge in [0.2, 0.25) is 0 Å². The van der Waals surface area contributed by atoms with Gasteiger partial charge in [0, 0.05) is 24.2 Å². The fourth-order valence-electron chi connectivity index (χ4n) is 4.36. The Balaban J connectivity index is 1.62. The highest BCUT2D eigenvalue weighted by molar-refractivity contribution is 5.39. The highest BCUT2D eigenvalue weighted by Gasteiger charge is 2.48. The molecule has 0 aliphatic carbocycles. The summed E-state index contributed by atoms with van der Waals surface area (Å²) in [6.07, 6.45) is 0.992. The summed E-state index contributed by atoms with van der Waals surface area (Å²) in [5.74, 6) is 0.173. The van der Waals surface area contributed by atoms with Crippen LogP contribution in [0.15, 0.2) is 48.5 Å². The van der Waals surface area contributed by atoms with E-state index < -0.39 is 5.60 Å². The molecule has 2 aliphatic heterocycles. The molecule has 2 fully saturated rings. The van der Waals surface area contributed by atoms with Crippen molar-refractivity contribution in [1.29, 1.82) is 0 Å². The summed E-state index contributed by atoms with van der Waals surface area (Å²) in [6, 6.07) is 14.9. The summed E-state index contributed by atoms with van der Waals surface area (Å²) in [5, 5.41) is 11.4. The Hall–Kier alpha value is -1.95. The monoisotopic (exact) mass is 357 g/mol. The van der Waals surface area contributed by atoms with Crippen molar-refractivity contribution >= 4 is 0 Å². The molecule has 1 N–H and O–H groups in total. The molecule has 0 saturated carbocycles. The zero-order valence-electron chi connectivity index (χ0n) is 14.9. The molecule has 0 spiro atoms. The highest BCUT2D eigenvalue weighted by atomic mass is 19.1. The third-order valence-electron chi connectivity index (χ3n) is 5.58. The van der Waals surface area contributed by atoms with Crippen molar-refractivity contribution in [3.8, 4) is 5.75 Å². The predicted octanol–water partition coefficient (Wildman–Crippen LogP) is 3.09. The molecule has 2 unspecified atom stereocenters. The second kappa shape index (κ2) is 6.99. The summed E-state index contributed by atoms with van der Waals surface area (Å²) in [4.78, 5) is 2.42. The molecule has 138 valence electrons. The molecule has 2 aliphatic rings. The van der Waals surface area contributed by atoms with Gasteiger partial charge in [0.1, 0.15) is 11.6 Å². The van der Waals surface area contributed by atoms with Gasteiger partial charge in [-0.3, -0.25) is 4.90 Å². The SMILES string of the molecule is COc1ccc(F)cc1C1(O)CC2COCC(C1)N2Cc1ccccc1. The molecule has 2 atom stereocenters. The number of aliphatic hydroxyl groups is 1. The van der Waals surface area contributed by atoms with Gasteiger partial charge in [0.15, 0.2) is 0 Å². The van der Waals surface area contributed by atoms with E-state index in [9.17, 15) is 9.50 Å². The first-order valence-corrected chi connectivity index (χ1v) is 9.03. The van der Waals surface area contributed by atoms with Crippen LogP contribution >= 0.6 is 0 Å². The van der Waals surface area contributed by atoms with E-state index in [1.54, 1.807) is 13.2 Å². The molecule has 2 bridgehead atoms. The molecule has 26 heavy (non-hydrogen) atoms. The average Bonchev–Trinajstić information content (AvgIpc) is 2.63. The van der Waals surface area contributed by atoms with Crippen molar-refractivity contribution in [1.82, 2.24) is 4.90 Å². The number of ether oxygens (including phenoxy) is 2. The Morgan fingerprint density at radius 3 is 2.50 bits per heavy atom. The molecule has 0 radical (unpaired) electrons. The third-order valence-corrected chi connectivity index (χ3v) is 5.58. The number of halogens is 1. The first kappa shape index (κ1) is 17.5. The summed E-state index contributed by atoms with van der Waals surface area (Å²) in [6.45, 7) is 1.97. The zero-order valence-corrected chi connectivity index (χ0v) is 14.9. The van der Waals surface area contributed by atoms with Gasteiger partial charge in [-0.1, -0.05) is 30.3 Å². The van der Waals surface area contributed by atoms with E-state index in [-0.39, 0.29) is 17.9 Å². The predicted molar refractivity (Wildman–Crippen MR) is 96.5 cm³/mol. The molecule has 5 heteroatoms. The first-order valence-electron chi connectivity index (χ1n) is 9.03. The van der Waals surface area contributed by atoms with E-state index >= 15 is 0 Å². The maximum Gasteiger partial charge on any atom is 0.125 e. The second-order valence-corrected chi connectivity index (χ2v) is 7.29. The van der Waals surface area contributed by atoms with Gasteiger partial charge in [-0.25, -0.2) is 4.39 Å². The maximum atomic E-state index is 13.9. The number of rotatable bonds is 4. The minimum absolute atomic E-state index is 0.0840. The van der Waals surface area contributed by atoms with Crippen LogP contribution in [0.3, 0.4) is 0 Å². The lowest BCUT2D eigenvalue weighted by Crippen LogP contribution is -2.60. The van der Waals surface area contributed by atoms with Crippen molar-refractivity contribution < 1.29 is 19.0 Å². The summed E-state index contributed by atoms with van der Waals surface area (Å²) in [5.41, 5.74) is 0.675. The van der Waals surface area contributed by atoms with Crippen LogP contribution in [0.5, 0.6) is 5.75 Å². The van der Waals surface area contributed by atoms with Crippen molar-refractivity contribution in [3.05, 3.63) is 65.5 Å².